The molecule has 2 aromatic carbocycles. The maximum absolute atomic E-state index is 13.9. The number of amides is 3. The Bertz CT molecular complexity index is 1290. The number of carbonyl (C=O) groups is 3. The maximum Gasteiger partial charge on any atom is 0.261 e. The van der Waals surface area contributed by atoms with Crippen LogP contribution >= 0.6 is 11.3 Å². The zero-order valence-corrected chi connectivity index (χ0v) is 23.5. The van der Waals surface area contributed by atoms with E-state index < -0.39 is 17.9 Å². The summed E-state index contributed by atoms with van der Waals surface area (Å²) in [5.74, 6) is 0.218. The van der Waals surface area contributed by atoms with E-state index in [1.807, 2.05) is 0 Å². The van der Waals surface area contributed by atoms with Gasteiger partial charge in [0.05, 0.1) is 38.9 Å². The van der Waals surface area contributed by atoms with E-state index in [2.05, 4.69) is 10.6 Å². The van der Waals surface area contributed by atoms with Crippen molar-refractivity contribution in [3.8, 4) is 17.2 Å². The van der Waals surface area contributed by atoms with Crippen LogP contribution < -0.4 is 29.7 Å². The number of hydrogen-bond donors (Lipinski definition) is 2. The fourth-order valence-corrected chi connectivity index (χ4v) is 5.11. The van der Waals surface area contributed by atoms with E-state index in [1.54, 1.807) is 67.1 Å². The van der Waals surface area contributed by atoms with E-state index in [0.29, 0.717) is 46.5 Å². The zero-order valence-electron chi connectivity index (χ0n) is 22.7. The summed E-state index contributed by atoms with van der Waals surface area (Å²) >= 11 is 1.27. The Hall–Kier alpha value is -4.09. The molecule has 2 heterocycles. The minimum absolute atomic E-state index is 0.0924. The van der Waals surface area contributed by atoms with Crippen LogP contribution in [0.1, 0.15) is 34.1 Å². The highest BCUT2D eigenvalue weighted by Crippen LogP contribution is 2.35. The summed E-state index contributed by atoms with van der Waals surface area (Å²) < 4.78 is 21.8. The van der Waals surface area contributed by atoms with Crippen molar-refractivity contribution in [3.63, 3.8) is 0 Å². The van der Waals surface area contributed by atoms with Crippen LogP contribution in [0.2, 0.25) is 0 Å². The lowest BCUT2D eigenvalue weighted by molar-refractivity contribution is -0.126. The van der Waals surface area contributed by atoms with Crippen LogP contribution in [0, 0.1) is 0 Å². The number of nitrogens with zero attached hydrogens (tertiary/aromatic N) is 1. The molecule has 0 aliphatic carbocycles. The summed E-state index contributed by atoms with van der Waals surface area (Å²) in [6.45, 7) is 0.633. The Labute approximate surface area is 237 Å². The molecule has 0 spiro atoms. The van der Waals surface area contributed by atoms with Crippen LogP contribution in [0.25, 0.3) is 0 Å². The summed E-state index contributed by atoms with van der Waals surface area (Å²) in [7, 11) is 4.57. The Balaban J connectivity index is 1.71. The minimum Gasteiger partial charge on any atom is -0.497 e. The first kappa shape index (κ1) is 28.9. The van der Waals surface area contributed by atoms with E-state index in [4.69, 9.17) is 18.9 Å². The predicted molar refractivity (Wildman–Crippen MR) is 151 cm³/mol. The van der Waals surface area contributed by atoms with E-state index in [-0.39, 0.29) is 18.6 Å². The molecular formula is C29H33N3O7S. The molecule has 1 fully saturated rings. The average Bonchev–Trinajstić information content (AvgIpc) is 3.72. The van der Waals surface area contributed by atoms with Crippen molar-refractivity contribution in [2.75, 3.05) is 45.9 Å². The van der Waals surface area contributed by atoms with Gasteiger partial charge in [0.25, 0.3) is 5.91 Å². The molecule has 1 saturated heterocycles. The number of anilines is 1. The van der Waals surface area contributed by atoms with Crippen LogP contribution in [0.5, 0.6) is 17.2 Å². The molecule has 2 atom stereocenters. The van der Waals surface area contributed by atoms with Gasteiger partial charge < -0.3 is 29.6 Å². The summed E-state index contributed by atoms with van der Waals surface area (Å²) in [6, 6.07) is 14.2. The number of ether oxygens (including phenoxy) is 4. The molecule has 11 heteroatoms. The van der Waals surface area contributed by atoms with Crippen LogP contribution in [0.4, 0.5) is 5.69 Å². The number of nitrogens with one attached hydrogen (secondary N) is 2. The van der Waals surface area contributed by atoms with Gasteiger partial charge in [-0.25, -0.2) is 0 Å². The van der Waals surface area contributed by atoms with Crippen molar-refractivity contribution in [2.24, 2.45) is 0 Å². The third kappa shape index (κ3) is 6.91. The number of hydrogen-bond acceptors (Lipinski definition) is 8. The zero-order chi connectivity index (χ0) is 28.5. The van der Waals surface area contributed by atoms with E-state index in [0.717, 1.165) is 12.8 Å². The quantitative estimate of drug-likeness (QED) is 0.344. The van der Waals surface area contributed by atoms with Crippen molar-refractivity contribution in [2.45, 2.75) is 25.0 Å². The van der Waals surface area contributed by atoms with Gasteiger partial charge in [-0.05, 0) is 66.2 Å². The molecule has 3 aromatic rings. The third-order valence-corrected chi connectivity index (χ3v) is 7.39. The van der Waals surface area contributed by atoms with Crippen molar-refractivity contribution >= 4 is 34.7 Å². The summed E-state index contributed by atoms with van der Waals surface area (Å²) in [5.41, 5.74) is 0.944. The first-order valence-corrected chi connectivity index (χ1v) is 13.7. The molecular weight excluding hydrogens is 534 g/mol. The highest BCUT2D eigenvalue weighted by Gasteiger charge is 2.34. The van der Waals surface area contributed by atoms with Crippen LogP contribution in [-0.2, 0) is 14.3 Å². The number of methoxy groups -OCH3 is 3. The molecule has 0 unspecified atom stereocenters. The fourth-order valence-electron chi connectivity index (χ4n) is 4.47. The van der Waals surface area contributed by atoms with Crippen LogP contribution in [0.15, 0.2) is 60.0 Å². The van der Waals surface area contributed by atoms with Crippen LogP contribution in [0.3, 0.4) is 0 Å². The average molecular weight is 568 g/mol. The van der Waals surface area contributed by atoms with Gasteiger partial charge >= 0.3 is 0 Å². The van der Waals surface area contributed by atoms with Gasteiger partial charge in [-0.1, -0.05) is 12.1 Å². The number of rotatable bonds is 12. The van der Waals surface area contributed by atoms with Gasteiger partial charge in [-0.2, -0.15) is 0 Å². The molecule has 4 rings (SSSR count). The standard InChI is InChI=1S/C29H33N3O7S/c1-36-21-11-9-20(10-12-21)32(26(33)18-31-28(34)25-7-5-15-40-25)27(29(35)30-17-22-6-4-14-39-22)19-8-13-23(37-2)24(16-19)38-3/h5,7-13,15-16,22,27H,4,6,14,17-18H2,1-3H3,(H,30,35)(H,31,34)/t22-,27-/m1/s1. The van der Waals surface area contributed by atoms with Gasteiger partial charge in [-0.3, -0.25) is 19.3 Å². The number of benzene rings is 2. The van der Waals surface area contributed by atoms with Crippen molar-refractivity contribution in [1.82, 2.24) is 10.6 Å². The monoisotopic (exact) mass is 567 g/mol. The third-order valence-electron chi connectivity index (χ3n) is 6.52. The molecule has 0 radical (unpaired) electrons. The largest absolute Gasteiger partial charge is 0.497 e. The molecule has 1 aliphatic heterocycles. The Morgan fingerprint density at radius 2 is 1.77 bits per heavy atom. The molecule has 10 nitrogen and oxygen atoms in total. The normalized spacial score (nSPS) is 15.1. The van der Waals surface area contributed by atoms with E-state index in [1.165, 1.54) is 30.5 Å². The molecule has 40 heavy (non-hydrogen) atoms. The SMILES string of the molecule is COc1ccc(N(C(=O)CNC(=O)c2cccs2)[C@@H](C(=O)NC[C@H]2CCCO2)c2ccc(OC)c(OC)c2)cc1. The first-order chi connectivity index (χ1) is 19.4. The topological polar surface area (TPSA) is 115 Å². The minimum atomic E-state index is -1.10. The highest BCUT2D eigenvalue weighted by molar-refractivity contribution is 7.12. The molecule has 0 bridgehead atoms. The van der Waals surface area contributed by atoms with E-state index >= 15 is 0 Å². The van der Waals surface area contributed by atoms with Gasteiger partial charge in [0.1, 0.15) is 11.8 Å². The van der Waals surface area contributed by atoms with Crippen molar-refractivity contribution < 1.29 is 33.3 Å². The lowest BCUT2D eigenvalue weighted by Crippen LogP contribution is -2.48. The second-order valence-electron chi connectivity index (χ2n) is 9.02. The number of carbonyl (C=O) groups excluding carboxylic acids is 3. The fraction of sp³-hybridized carbons (Fsp3) is 0.345. The highest BCUT2D eigenvalue weighted by atomic mass is 32.1. The summed E-state index contributed by atoms with van der Waals surface area (Å²) in [6.07, 6.45) is 1.68. The van der Waals surface area contributed by atoms with Gasteiger partial charge in [0.15, 0.2) is 11.5 Å². The summed E-state index contributed by atoms with van der Waals surface area (Å²) in [5, 5.41) is 7.43. The maximum atomic E-state index is 13.9. The molecule has 2 N–H and O–H groups in total. The van der Waals surface area contributed by atoms with Crippen LogP contribution in [-0.4, -0.2) is 64.9 Å². The lowest BCUT2D eigenvalue weighted by Gasteiger charge is -2.32. The van der Waals surface area contributed by atoms with Gasteiger partial charge in [0.2, 0.25) is 11.8 Å². The first-order valence-electron chi connectivity index (χ1n) is 12.8. The summed E-state index contributed by atoms with van der Waals surface area (Å²) in [4.78, 5) is 42.2. The molecule has 0 saturated carbocycles. The Morgan fingerprint density at radius 3 is 2.40 bits per heavy atom. The molecule has 212 valence electrons. The predicted octanol–water partition coefficient (Wildman–Crippen LogP) is 3.57. The molecule has 3 amide bonds. The lowest BCUT2D eigenvalue weighted by atomic mass is 10.0. The van der Waals surface area contributed by atoms with Gasteiger partial charge in [-0.15, -0.1) is 11.3 Å². The van der Waals surface area contributed by atoms with E-state index in [9.17, 15) is 14.4 Å². The van der Waals surface area contributed by atoms with Gasteiger partial charge in [0, 0.05) is 18.8 Å². The second kappa shape index (κ2) is 13.8. The Morgan fingerprint density at radius 1 is 1.00 bits per heavy atom. The molecule has 1 aliphatic rings. The van der Waals surface area contributed by atoms with Crippen molar-refractivity contribution in [1.29, 1.82) is 0 Å². The Kier molecular flexibility index (Phi) is 9.98. The second-order valence-corrected chi connectivity index (χ2v) is 9.97. The smallest absolute Gasteiger partial charge is 0.261 e. The molecule has 1 aromatic heterocycles. The number of thiophene rings is 1. The van der Waals surface area contributed by atoms with Crippen molar-refractivity contribution in [3.05, 3.63) is 70.4 Å².